The summed E-state index contributed by atoms with van der Waals surface area (Å²) in [5, 5.41) is 44.3. The van der Waals surface area contributed by atoms with Crippen molar-refractivity contribution in [1.82, 2.24) is 0 Å². The second-order valence-corrected chi connectivity index (χ2v) is 12.0. The molecule has 16 heteroatoms. The predicted octanol–water partition coefficient (Wildman–Crippen LogP) is 0.873. The Morgan fingerprint density at radius 2 is 1.52 bits per heavy atom. The van der Waals surface area contributed by atoms with Gasteiger partial charge in [-0.05, 0) is 35.2 Å². The zero-order chi connectivity index (χ0) is 35.3. The Morgan fingerprint density at radius 3 is 2.22 bits per heavy atom. The zero-order valence-corrected chi connectivity index (χ0v) is 27.6. The van der Waals surface area contributed by atoms with E-state index in [4.69, 9.17) is 52.1 Å². The van der Waals surface area contributed by atoms with Crippen LogP contribution < -0.4 is 23.7 Å². The van der Waals surface area contributed by atoms with Gasteiger partial charge in [-0.2, -0.15) is 0 Å². The largest absolute Gasteiger partial charge is 0.493 e. The fourth-order valence-electron chi connectivity index (χ4n) is 6.89. The van der Waals surface area contributed by atoms with Crippen LogP contribution in [-0.2, 0) is 35.0 Å². The average molecular weight is 703 g/mol. The van der Waals surface area contributed by atoms with Crippen LogP contribution in [0.1, 0.15) is 15.9 Å². The lowest BCUT2D eigenvalue weighted by molar-refractivity contribution is -0.342. The minimum Gasteiger partial charge on any atom is -0.493 e. The number of aliphatic hydroxyl groups is 4. The maximum atomic E-state index is 13.4. The fourth-order valence-corrected chi connectivity index (χ4v) is 6.89. The number of hydrogen-bond donors (Lipinski definition) is 4. The van der Waals surface area contributed by atoms with Crippen LogP contribution in [0, 0.1) is 0 Å². The maximum Gasteiger partial charge on any atom is 0.339 e. The summed E-state index contributed by atoms with van der Waals surface area (Å²) in [5.41, 5.74) is 1.70. The van der Waals surface area contributed by atoms with E-state index in [9.17, 15) is 25.2 Å². The SMILES string of the molecule is COc1cc2c(O[C@@H]3O[C@H](CO)[C@H](O[C@H]4OC[C@H](O)[C@@H](OC)[C@H]4OC)[C@@H](O)[C@H]3O)c3c(c(-c4ccc5c(c4)OCO5)c2cc1OC)C(=O)OC3. The highest BCUT2D eigenvalue weighted by molar-refractivity contribution is 6.14. The monoisotopic (exact) mass is 702 g/mol. The Labute approximate surface area is 285 Å². The summed E-state index contributed by atoms with van der Waals surface area (Å²) in [6.07, 6.45) is -11.4. The number of benzene rings is 3. The van der Waals surface area contributed by atoms with E-state index in [1.165, 1.54) is 28.4 Å². The van der Waals surface area contributed by atoms with Crippen LogP contribution in [0.4, 0.5) is 0 Å². The zero-order valence-electron chi connectivity index (χ0n) is 27.6. The highest BCUT2D eigenvalue weighted by Crippen LogP contribution is 2.50. The average Bonchev–Trinajstić information content (AvgIpc) is 3.77. The van der Waals surface area contributed by atoms with E-state index >= 15 is 0 Å². The van der Waals surface area contributed by atoms with Gasteiger partial charge in [0.1, 0.15) is 55.1 Å². The van der Waals surface area contributed by atoms with E-state index in [0.29, 0.717) is 50.5 Å². The molecule has 50 heavy (non-hydrogen) atoms. The van der Waals surface area contributed by atoms with Gasteiger partial charge in [0.25, 0.3) is 0 Å². The van der Waals surface area contributed by atoms with E-state index in [1.807, 2.05) is 0 Å². The number of esters is 1. The molecule has 4 aliphatic heterocycles. The number of cyclic esters (lactones) is 1. The third-order valence-corrected chi connectivity index (χ3v) is 9.37. The number of methoxy groups -OCH3 is 4. The molecule has 4 N–H and O–H groups in total. The second kappa shape index (κ2) is 14.0. The van der Waals surface area contributed by atoms with Gasteiger partial charge in [0, 0.05) is 30.7 Å². The highest BCUT2D eigenvalue weighted by Gasteiger charge is 2.51. The topological polar surface area (TPSA) is 200 Å². The number of rotatable bonds is 10. The third kappa shape index (κ3) is 5.75. The molecule has 270 valence electrons. The van der Waals surface area contributed by atoms with E-state index in [2.05, 4.69) is 0 Å². The first-order chi connectivity index (χ1) is 24.2. The van der Waals surface area contributed by atoms with Gasteiger partial charge in [0.15, 0.2) is 29.3 Å². The van der Waals surface area contributed by atoms with E-state index in [0.717, 1.165) is 0 Å². The Morgan fingerprint density at radius 1 is 0.800 bits per heavy atom. The van der Waals surface area contributed by atoms with Crippen molar-refractivity contribution >= 4 is 16.7 Å². The predicted molar refractivity (Wildman–Crippen MR) is 168 cm³/mol. The Kier molecular flexibility index (Phi) is 9.64. The molecule has 9 atom stereocenters. The van der Waals surface area contributed by atoms with Crippen LogP contribution in [0.25, 0.3) is 21.9 Å². The minimum absolute atomic E-state index is 0.0607. The van der Waals surface area contributed by atoms with E-state index < -0.39 is 67.9 Å². The lowest BCUT2D eigenvalue weighted by atomic mass is 9.89. The molecule has 2 saturated heterocycles. The van der Waals surface area contributed by atoms with Gasteiger partial charge in [0.05, 0.1) is 33.0 Å². The Hall–Kier alpha value is -3.97. The molecule has 7 rings (SSSR count). The molecule has 3 aromatic carbocycles. The molecule has 0 radical (unpaired) electrons. The van der Waals surface area contributed by atoms with Crippen molar-refractivity contribution in [2.24, 2.45) is 0 Å². The van der Waals surface area contributed by atoms with Crippen LogP contribution in [0.3, 0.4) is 0 Å². The fraction of sp³-hybridized carbons (Fsp3) is 0.500. The molecule has 0 amide bonds. The summed E-state index contributed by atoms with van der Waals surface area (Å²) in [4.78, 5) is 13.4. The first-order valence-electron chi connectivity index (χ1n) is 15.8. The standard InChI is InChI=1S/C34H38O16/c1-40-20-8-15-16(9-21(20)41-2)28(17-11-44-32(39)25(17)24(15)14-5-6-19-22(7-14)47-13-46-19)49-33-27(38)26(37)30(23(10-35)48-33)50-34-31(43-4)29(42-3)18(36)12-45-34/h5-9,18,23,26-27,29-31,33-38H,10-13H2,1-4H3/t18-,23+,26-,27+,29+,30-,31+,33-,34+/m0/s1. The maximum absolute atomic E-state index is 13.4. The van der Waals surface area contributed by atoms with Crippen molar-refractivity contribution in [3.05, 3.63) is 41.5 Å². The first kappa shape index (κ1) is 34.5. The number of hydrogen-bond acceptors (Lipinski definition) is 16. The van der Waals surface area contributed by atoms with E-state index in [1.54, 1.807) is 30.3 Å². The molecule has 0 unspecified atom stereocenters. The first-order valence-corrected chi connectivity index (χ1v) is 15.8. The molecule has 0 spiro atoms. The van der Waals surface area contributed by atoms with Crippen LogP contribution in [-0.4, -0.2) is 130 Å². The molecular formula is C34H38O16. The van der Waals surface area contributed by atoms with Gasteiger partial charge < -0.3 is 72.5 Å². The quantitative estimate of drug-likeness (QED) is 0.217. The molecule has 0 aromatic heterocycles. The molecule has 4 aliphatic rings. The van der Waals surface area contributed by atoms with Crippen molar-refractivity contribution in [2.75, 3.05) is 48.4 Å². The summed E-state index contributed by atoms with van der Waals surface area (Å²) < 4.78 is 62.7. The van der Waals surface area contributed by atoms with E-state index in [-0.39, 0.29) is 31.3 Å². The summed E-state index contributed by atoms with van der Waals surface area (Å²) in [7, 11) is 5.73. The normalized spacial score (nSPS) is 30.2. The molecule has 0 aliphatic carbocycles. The van der Waals surface area contributed by atoms with Gasteiger partial charge in [-0.3, -0.25) is 0 Å². The third-order valence-electron chi connectivity index (χ3n) is 9.37. The Balaban J connectivity index is 1.27. The van der Waals surface area contributed by atoms with Crippen molar-refractivity contribution in [2.45, 2.75) is 61.9 Å². The summed E-state index contributed by atoms with van der Waals surface area (Å²) in [5.74, 6) is 1.28. The van der Waals surface area contributed by atoms with Crippen molar-refractivity contribution in [3.8, 4) is 39.9 Å². The molecule has 0 bridgehead atoms. The lowest BCUT2D eigenvalue weighted by Gasteiger charge is -2.45. The number of carbonyl (C=O) groups is 1. The number of fused-ring (bicyclic) bond motifs is 3. The van der Waals surface area contributed by atoms with Crippen molar-refractivity contribution < 1.29 is 77.3 Å². The van der Waals surface area contributed by atoms with Crippen LogP contribution in [0.2, 0.25) is 0 Å². The van der Waals surface area contributed by atoms with Crippen molar-refractivity contribution in [3.63, 3.8) is 0 Å². The second-order valence-electron chi connectivity index (χ2n) is 12.0. The molecule has 16 nitrogen and oxygen atoms in total. The molecule has 3 aromatic rings. The number of ether oxygens (including phenoxy) is 11. The molecule has 2 fully saturated rings. The lowest BCUT2D eigenvalue weighted by Crippen LogP contribution is -2.64. The van der Waals surface area contributed by atoms with Gasteiger partial charge in [0.2, 0.25) is 13.1 Å². The number of aliphatic hydroxyl groups excluding tert-OH is 4. The molecule has 4 heterocycles. The highest BCUT2D eigenvalue weighted by atomic mass is 16.7. The van der Waals surface area contributed by atoms with Gasteiger partial charge in [-0.25, -0.2) is 4.79 Å². The smallest absolute Gasteiger partial charge is 0.339 e. The molecular weight excluding hydrogens is 664 g/mol. The van der Waals surface area contributed by atoms with Gasteiger partial charge in [-0.15, -0.1) is 0 Å². The van der Waals surface area contributed by atoms with Crippen LogP contribution >= 0.6 is 0 Å². The summed E-state index contributed by atoms with van der Waals surface area (Å²) in [6.45, 7) is -0.912. The van der Waals surface area contributed by atoms with Crippen LogP contribution in [0.5, 0.6) is 28.7 Å². The van der Waals surface area contributed by atoms with Gasteiger partial charge >= 0.3 is 5.97 Å². The summed E-state index contributed by atoms with van der Waals surface area (Å²) >= 11 is 0. The summed E-state index contributed by atoms with van der Waals surface area (Å²) in [6, 6.07) is 8.65. The van der Waals surface area contributed by atoms with Gasteiger partial charge in [-0.1, -0.05) is 6.07 Å². The van der Waals surface area contributed by atoms with Crippen LogP contribution in [0.15, 0.2) is 30.3 Å². The minimum atomic E-state index is -1.73. The Bertz CT molecular complexity index is 1740. The van der Waals surface area contributed by atoms with Crippen molar-refractivity contribution in [1.29, 1.82) is 0 Å². The molecule has 0 saturated carbocycles. The number of carbonyl (C=O) groups excluding carboxylic acids is 1.